The third-order valence-corrected chi connectivity index (χ3v) is 7.10. The minimum absolute atomic E-state index is 0.139. The number of fused-ring (bicyclic) bond motifs is 1. The van der Waals surface area contributed by atoms with Gasteiger partial charge in [0.15, 0.2) is 17.3 Å². The van der Waals surface area contributed by atoms with E-state index in [1.807, 2.05) is 53.4 Å². The lowest BCUT2D eigenvalue weighted by Gasteiger charge is -2.35. The molecule has 6 rings (SSSR count). The Bertz CT molecular complexity index is 1430. The van der Waals surface area contributed by atoms with Crippen LogP contribution in [-0.2, 0) is 19.6 Å². The topological polar surface area (TPSA) is 58.4 Å². The Kier molecular flexibility index (Phi) is 7.19. The van der Waals surface area contributed by atoms with Gasteiger partial charge in [-0.2, -0.15) is 0 Å². The Morgan fingerprint density at radius 3 is 2.33 bits per heavy atom. The second-order valence-corrected chi connectivity index (χ2v) is 9.81. The van der Waals surface area contributed by atoms with Crippen LogP contribution in [-0.4, -0.2) is 48.7 Å². The molecule has 1 saturated heterocycles. The van der Waals surface area contributed by atoms with E-state index in [1.54, 1.807) is 23.1 Å². The predicted octanol–water partition coefficient (Wildman–Crippen LogP) is 5.31. The second-order valence-electron chi connectivity index (χ2n) is 9.81. The molecule has 4 aromatic rings. The van der Waals surface area contributed by atoms with Gasteiger partial charge in [-0.05, 0) is 47.5 Å². The van der Waals surface area contributed by atoms with Crippen LogP contribution in [0.3, 0.4) is 0 Å². The average Bonchev–Trinajstić information content (AvgIpc) is 3.63. The molecule has 39 heavy (non-hydrogen) atoms. The van der Waals surface area contributed by atoms with Gasteiger partial charge < -0.3 is 23.7 Å². The van der Waals surface area contributed by atoms with Crippen LogP contribution in [0.1, 0.15) is 27.4 Å². The Balaban J connectivity index is 1.12. The van der Waals surface area contributed by atoms with E-state index in [0.717, 1.165) is 29.4 Å². The summed E-state index contributed by atoms with van der Waals surface area (Å²) in [4.78, 5) is 19.2. The van der Waals surface area contributed by atoms with Gasteiger partial charge in [0.2, 0.25) is 6.79 Å². The molecule has 0 unspecified atom stereocenters. The van der Waals surface area contributed by atoms with Gasteiger partial charge >= 0.3 is 0 Å². The fourth-order valence-corrected chi connectivity index (χ4v) is 5.12. The maximum Gasteiger partial charge on any atom is 0.289 e. The number of hydrogen-bond donors (Lipinski definition) is 0. The number of nitrogens with zero attached hydrogens (tertiary/aromatic N) is 3. The standard InChI is InChI=1S/C31H30FN3O4/c32-26-8-4-5-9-27(26)34-14-16-35(17-15-34)31(36)29-13-11-25(39-29)21-33(19-23-6-2-1-3-7-23)20-24-10-12-28-30(18-24)38-22-37-28/h1-13,18H,14-17,19-22H2. The normalized spacial score (nSPS) is 14.7. The Morgan fingerprint density at radius 2 is 1.51 bits per heavy atom. The van der Waals surface area contributed by atoms with Crippen LogP contribution < -0.4 is 14.4 Å². The van der Waals surface area contributed by atoms with Gasteiger partial charge in [0.25, 0.3) is 5.91 Å². The number of para-hydroxylation sites is 1. The lowest BCUT2D eigenvalue weighted by molar-refractivity contribution is 0.0710. The van der Waals surface area contributed by atoms with Gasteiger partial charge in [-0.25, -0.2) is 4.39 Å². The number of anilines is 1. The van der Waals surface area contributed by atoms with Crippen molar-refractivity contribution in [2.24, 2.45) is 0 Å². The summed E-state index contributed by atoms with van der Waals surface area (Å²) in [6, 6.07) is 26.6. The zero-order chi connectivity index (χ0) is 26.6. The van der Waals surface area contributed by atoms with E-state index in [-0.39, 0.29) is 18.5 Å². The first kappa shape index (κ1) is 25.0. The van der Waals surface area contributed by atoms with Crippen molar-refractivity contribution in [2.45, 2.75) is 19.6 Å². The lowest BCUT2D eigenvalue weighted by atomic mass is 10.1. The van der Waals surface area contributed by atoms with Crippen LogP contribution in [0.5, 0.6) is 11.5 Å². The number of ether oxygens (including phenoxy) is 2. The van der Waals surface area contributed by atoms with Crippen LogP contribution in [0.2, 0.25) is 0 Å². The molecule has 2 aliphatic rings. The van der Waals surface area contributed by atoms with Gasteiger partial charge in [-0.15, -0.1) is 0 Å². The smallest absolute Gasteiger partial charge is 0.289 e. The summed E-state index contributed by atoms with van der Waals surface area (Å²) < 4.78 is 31.3. The zero-order valence-electron chi connectivity index (χ0n) is 21.6. The quantitative estimate of drug-likeness (QED) is 0.310. The third-order valence-electron chi connectivity index (χ3n) is 7.10. The molecule has 3 heterocycles. The number of hydrogen-bond acceptors (Lipinski definition) is 6. The first-order valence-electron chi connectivity index (χ1n) is 13.1. The molecule has 1 amide bonds. The molecule has 8 heteroatoms. The molecule has 7 nitrogen and oxygen atoms in total. The first-order chi connectivity index (χ1) is 19.1. The molecule has 0 radical (unpaired) electrons. The van der Waals surface area contributed by atoms with Crippen molar-refractivity contribution in [1.82, 2.24) is 9.80 Å². The van der Waals surface area contributed by atoms with Gasteiger partial charge in [0.05, 0.1) is 12.2 Å². The molecule has 2 aliphatic heterocycles. The van der Waals surface area contributed by atoms with Crippen LogP contribution in [0.15, 0.2) is 89.3 Å². The molecule has 0 spiro atoms. The highest BCUT2D eigenvalue weighted by Gasteiger charge is 2.26. The summed E-state index contributed by atoms with van der Waals surface area (Å²) in [7, 11) is 0. The zero-order valence-corrected chi connectivity index (χ0v) is 21.6. The highest BCUT2D eigenvalue weighted by molar-refractivity contribution is 5.91. The molecule has 0 atom stereocenters. The van der Waals surface area contributed by atoms with E-state index < -0.39 is 0 Å². The van der Waals surface area contributed by atoms with E-state index in [4.69, 9.17) is 13.9 Å². The van der Waals surface area contributed by atoms with Crippen molar-refractivity contribution in [3.63, 3.8) is 0 Å². The largest absolute Gasteiger partial charge is 0.455 e. The van der Waals surface area contributed by atoms with E-state index in [2.05, 4.69) is 17.0 Å². The number of carbonyl (C=O) groups excluding carboxylic acids is 1. The van der Waals surface area contributed by atoms with E-state index in [9.17, 15) is 9.18 Å². The molecule has 0 aliphatic carbocycles. The predicted molar refractivity (Wildman–Crippen MR) is 145 cm³/mol. The minimum atomic E-state index is -0.242. The summed E-state index contributed by atoms with van der Waals surface area (Å²) in [5, 5.41) is 0. The van der Waals surface area contributed by atoms with E-state index in [1.165, 1.54) is 11.6 Å². The van der Waals surface area contributed by atoms with Crippen LogP contribution in [0.25, 0.3) is 0 Å². The van der Waals surface area contributed by atoms with Crippen molar-refractivity contribution in [3.8, 4) is 11.5 Å². The number of benzene rings is 3. The number of piperazine rings is 1. The summed E-state index contributed by atoms with van der Waals surface area (Å²) in [5.74, 6) is 2.19. The van der Waals surface area contributed by atoms with E-state index >= 15 is 0 Å². The monoisotopic (exact) mass is 527 g/mol. The van der Waals surface area contributed by atoms with Gasteiger partial charge in [-0.1, -0.05) is 48.5 Å². The van der Waals surface area contributed by atoms with Gasteiger partial charge in [-0.3, -0.25) is 9.69 Å². The number of amides is 1. The molecule has 200 valence electrons. The summed E-state index contributed by atoms with van der Waals surface area (Å²) in [6.45, 7) is 4.33. The van der Waals surface area contributed by atoms with Crippen LogP contribution in [0.4, 0.5) is 10.1 Å². The van der Waals surface area contributed by atoms with Crippen molar-refractivity contribution in [1.29, 1.82) is 0 Å². The molecular formula is C31H30FN3O4. The Hall–Kier alpha value is -4.30. The van der Waals surface area contributed by atoms with Crippen molar-refractivity contribution in [2.75, 3.05) is 37.9 Å². The number of rotatable bonds is 8. The maximum absolute atomic E-state index is 14.2. The fraction of sp³-hybridized carbons (Fsp3) is 0.258. The average molecular weight is 528 g/mol. The SMILES string of the molecule is O=C(c1ccc(CN(Cc2ccccc2)Cc2ccc3c(c2)OCO3)o1)N1CCN(c2ccccc2F)CC1. The lowest BCUT2D eigenvalue weighted by Crippen LogP contribution is -2.49. The van der Waals surface area contributed by atoms with Crippen LogP contribution >= 0.6 is 0 Å². The summed E-state index contributed by atoms with van der Waals surface area (Å²) >= 11 is 0. The molecule has 0 bridgehead atoms. The summed E-state index contributed by atoms with van der Waals surface area (Å²) in [6.07, 6.45) is 0. The summed E-state index contributed by atoms with van der Waals surface area (Å²) in [5.41, 5.74) is 2.87. The molecule has 1 aromatic heterocycles. The Labute approximate surface area is 227 Å². The minimum Gasteiger partial charge on any atom is -0.455 e. The molecule has 0 N–H and O–H groups in total. The van der Waals surface area contributed by atoms with Crippen LogP contribution in [0, 0.1) is 5.82 Å². The number of furan rings is 1. The molecule has 0 saturated carbocycles. The van der Waals surface area contributed by atoms with Gasteiger partial charge in [0, 0.05) is 39.3 Å². The maximum atomic E-state index is 14.2. The third kappa shape index (κ3) is 5.76. The van der Waals surface area contributed by atoms with Crippen molar-refractivity contribution >= 4 is 11.6 Å². The number of carbonyl (C=O) groups is 1. The van der Waals surface area contributed by atoms with Gasteiger partial charge in [0.1, 0.15) is 11.6 Å². The Morgan fingerprint density at radius 1 is 0.769 bits per heavy atom. The highest BCUT2D eigenvalue weighted by Crippen LogP contribution is 2.33. The molecule has 3 aromatic carbocycles. The highest BCUT2D eigenvalue weighted by atomic mass is 19.1. The number of halogens is 1. The van der Waals surface area contributed by atoms with Crippen molar-refractivity contribution in [3.05, 3.63) is 113 Å². The first-order valence-corrected chi connectivity index (χ1v) is 13.1. The molecular weight excluding hydrogens is 497 g/mol. The van der Waals surface area contributed by atoms with Crippen molar-refractivity contribution < 1.29 is 23.1 Å². The van der Waals surface area contributed by atoms with E-state index in [0.29, 0.717) is 50.7 Å². The molecule has 1 fully saturated rings. The second kappa shape index (κ2) is 11.2. The fourth-order valence-electron chi connectivity index (χ4n) is 5.12.